The first kappa shape index (κ1) is 28.4. The SMILES string of the molecule is CCCCCCOc1ccc(C2C(C(=O)c3sc(C)nc3C)=C(O)C(=O)N2CCCn2ccnc2)cc1OC. The predicted octanol–water partition coefficient (Wildman–Crippen LogP) is 5.59. The number of methoxy groups -OCH3 is 1. The van der Waals surface area contributed by atoms with Gasteiger partial charge >= 0.3 is 0 Å². The maximum absolute atomic E-state index is 13.8. The monoisotopic (exact) mass is 552 g/mol. The number of ketones is 1. The first-order valence-electron chi connectivity index (χ1n) is 13.3. The van der Waals surface area contributed by atoms with Crippen molar-refractivity contribution in [2.45, 2.75) is 65.5 Å². The summed E-state index contributed by atoms with van der Waals surface area (Å²) in [7, 11) is 1.56. The van der Waals surface area contributed by atoms with Crippen molar-refractivity contribution in [2.24, 2.45) is 0 Å². The second-order valence-corrected chi connectivity index (χ2v) is 10.8. The fraction of sp³-hybridized carbons (Fsp3) is 0.448. The fourth-order valence-electron chi connectivity index (χ4n) is 4.85. The van der Waals surface area contributed by atoms with E-state index in [4.69, 9.17) is 9.47 Å². The van der Waals surface area contributed by atoms with Crippen LogP contribution < -0.4 is 9.47 Å². The number of amides is 1. The van der Waals surface area contributed by atoms with Gasteiger partial charge in [0.15, 0.2) is 17.3 Å². The number of aliphatic hydroxyl groups is 1. The molecule has 3 aromatic rings. The van der Waals surface area contributed by atoms with Crippen molar-refractivity contribution in [1.82, 2.24) is 19.4 Å². The summed E-state index contributed by atoms with van der Waals surface area (Å²) in [6.45, 7) is 7.31. The number of nitrogens with zero attached hydrogens (tertiary/aromatic N) is 4. The Labute approximate surface area is 233 Å². The minimum atomic E-state index is -0.776. The molecule has 0 spiro atoms. The van der Waals surface area contributed by atoms with E-state index in [1.807, 2.05) is 29.8 Å². The quantitative estimate of drug-likeness (QED) is 0.205. The molecule has 4 rings (SSSR count). The second kappa shape index (κ2) is 12.9. The number of aliphatic hydroxyl groups excluding tert-OH is 1. The van der Waals surface area contributed by atoms with Crippen LogP contribution in [0.5, 0.6) is 11.5 Å². The number of benzene rings is 1. The maximum Gasteiger partial charge on any atom is 0.290 e. The van der Waals surface area contributed by atoms with Gasteiger partial charge in [0, 0.05) is 25.5 Å². The number of hydrogen-bond donors (Lipinski definition) is 1. The molecule has 1 aromatic carbocycles. The largest absolute Gasteiger partial charge is 0.503 e. The summed E-state index contributed by atoms with van der Waals surface area (Å²) in [5, 5.41) is 11.8. The number of carbonyl (C=O) groups is 2. The number of aryl methyl sites for hydroxylation is 3. The van der Waals surface area contributed by atoms with Crippen LogP contribution in [-0.4, -0.2) is 56.5 Å². The zero-order valence-electron chi connectivity index (χ0n) is 23.0. The third kappa shape index (κ3) is 6.33. The van der Waals surface area contributed by atoms with Gasteiger partial charge in [0.1, 0.15) is 0 Å². The number of carbonyl (C=O) groups excluding carboxylic acids is 2. The summed E-state index contributed by atoms with van der Waals surface area (Å²) >= 11 is 1.26. The van der Waals surface area contributed by atoms with Gasteiger partial charge in [-0.05, 0) is 44.4 Å². The molecule has 1 amide bonds. The van der Waals surface area contributed by atoms with Crippen LogP contribution in [0.15, 0.2) is 48.3 Å². The Balaban J connectivity index is 1.65. The second-order valence-electron chi connectivity index (χ2n) is 9.61. The summed E-state index contributed by atoms with van der Waals surface area (Å²) in [5.74, 6) is -0.363. The van der Waals surface area contributed by atoms with Gasteiger partial charge in [-0.15, -0.1) is 11.3 Å². The summed E-state index contributed by atoms with van der Waals surface area (Å²) in [6, 6.07) is 4.66. The van der Waals surface area contributed by atoms with E-state index in [2.05, 4.69) is 16.9 Å². The number of Topliss-reactive ketones (excluding diaryl/α,β-unsaturated/α-hetero) is 1. The van der Waals surface area contributed by atoms with Gasteiger partial charge in [0.25, 0.3) is 5.91 Å². The molecule has 39 heavy (non-hydrogen) atoms. The van der Waals surface area contributed by atoms with Gasteiger partial charge in [-0.25, -0.2) is 9.97 Å². The van der Waals surface area contributed by atoms with E-state index < -0.39 is 17.7 Å². The molecule has 1 aliphatic heterocycles. The Morgan fingerprint density at radius 3 is 2.62 bits per heavy atom. The molecule has 0 bridgehead atoms. The smallest absolute Gasteiger partial charge is 0.290 e. The third-order valence-corrected chi connectivity index (χ3v) is 7.86. The number of hydrogen-bond acceptors (Lipinski definition) is 8. The maximum atomic E-state index is 13.8. The van der Waals surface area contributed by atoms with Crippen molar-refractivity contribution < 1.29 is 24.2 Å². The zero-order chi connectivity index (χ0) is 27.9. The molecule has 1 N–H and O–H groups in total. The van der Waals surface area contributed by atoms with Crippen LogP contribution >= 0.6 is 11.3 Å². The van der Waals surface area contributed by atoms with Gasteiger partial charge in [0.2, 0.25) is 5.78 Å². The molecule has 0 saturated carbocycles. The molecule has 10 heteroatoms. The van der Waals surface area contributed by atoms with Crippen molar-refractivity contribution in [3.8, 4) is 11.5 Å². The van der Waals surface area contributed by atoms with E-state index in [9.17, 15) is 14.7 Å². The van der Waals surface area contributed by atoms with Crippen LogP contribution in [0.3, 0.4) is 0 Å². The van der Waals surface area contributed by atoms with E-state index in [0.29, 0.717) is 53.8 Å². The van der Waals surface area contributed by atoms with E-state index in [-0.39, 0.29) is 11.4 Å². The molecule has 0 aliphatic carbocycles. The van der Waals surface area contributed by atoms with Gasteiger partial charge in [-0.2, -0.15) is 0 Å². The number of rotatable bonds is 14. The number of ether oxygens (including phenoxy) is 2. The average Bonchev–Trinajstić information content (AvgIpc) is 3.63. The standard InChI is InChI=1S/C29H36N4O5S/c1-5-6-7-8-16-38-22-11-10-21(17-23(22)37-4)25-24(26(34)28-19(2)31-20(3)39-28)27(35)29(36)33(25)14-9-13-32-15-12-30-18-32/h10-12,15,17-18,25,35H,5-9,13-14,16H2,1-4H3. The molecule has 0 saturated heterocycles. The van der Waals surface area contributed by atoms with Crippen molar-refractivity contribution in [3.63, 3.8) is 0 Å². The fourth-order valence-corrected chi connectivity index (χ4v) is 5.73. The van der Waals surface area contributed by atoms with E-state index in [1.54, 1.807) is 37.5 Å². The molecule has 0 fully saturated rings. The summed E-state index contributed by atoms with van der Waals surface area (Å²) < 4.78 is 13.5. The average molecular weight is 553 g/mol. The Kier molecular flexibility index (Phi) is 9.40. The Morgan fingerprint density at radius 1 is 1.13 bits per heavy atom. The molecule has 2 aromatic heterocycles. The van der Waals surface area contributed by atoms with E-state index in [1.165, 1.54) is 11.3 Å². The highest BCUT2D eigenvalue weighted by molar-refractivity contribution is 7.14. The zero-order valence-corrected chi connectivity index (χ0v) is 23.8. The molecule has 9 nitrogen and oxygen atoms in total. The Morgan fingerprint density at radius 2 is 1.95 bits per heavy atom. The van der Waals surface area contributed by atoms with E-state index in [0.717, 1.165) is 30.7 Å². The predicted molar refractivity (Wildman–Crippen MR) is 150 cm³/mol. The van der Waals surface area contributed by atoms with Crippen LogP contribution in [0, 0.1) is 13.8 Å². The van der Waals surface area contributed by atoms with Crippen LogP contribution in [0.2, 0.25) is 0 Å². The summed E-state index contributed by atoms with van der Waals surface area (Å²) in [6.07, 6.45) is 10.2. The normalized spacial score (nSPS) is 15.3. The number of unbranched alkanes of at least 4 members (excludes halogenated alkanes) is 3. The van der Waals surface area contributed by atoms with Crippen LogP contribution in [-0.2, 0) is 11.3 Å². The topological polar surface area (TPSA) is 107 Å². The van der Waals surface area contributed by atoms with Gasteiger partial charge in [-0.3, -0.25) is 9.59 Å². The van der Waals surface area contributed by atoms with E-state index >= 15 is 0 Å². The summed E-state index contributed by atoms with van der Waals surface area (Å²) in [5.41, 5.74) is 1.30. The first-order chi connectivity index (χ1) is 18.8. The molecule has 208 valence electrons. The lowest BCUT2D eigenvalue weighted by Gasteiger charge is -2.27. The highest BCUT2D eigenvalue weighted by atomic mass is 32.1. The lowest BCUT2D eigenvalue weighted by Crippen LogP contribution is -2.32. The molecule has 0 radical (unpaired) electrons. The van der Waals surface area contributed by atoms with Gasteiger partial charge in [-0.1, -0.05) is 32.3 Å². The van der Waals surface area contributed by atoms with Crippen molar-refractivity contribution in [2.75, 3.05) is 20.3 Å². The third-order valence-electron chi connectivity index (χ3n) is 6.79. The highest BCUT2D eigenvalue weighted by Crippen LogP contribution is 2.42. The molecular weight excluding hydrogens is 516 g/mol. The minimum Gasteiger partial charge on any atom is -0.503 e. The lowest BCUT2D eigenvalue weighted by atomic mass is 9.94. The summed E-state index contributed by atoms with van der Waals surface area (Å²) in [4.78, 5) is 37.5. The van der Waals surface area contributed by atoms with Crippen LogP contribution in [0.25, 0.3) is 0 Å². The lowest BCUT2D eigenvalue weighted by molar-refractivity contribution is -0.129. The molecular formula is C29H36N4O5S. The Hall–Kier alpha value is -3.66. The number of aromatic nitrogens is 3. The molecule has 1 aliphatic rings. The molecule has 3 heterocycles. The van der Waals surface area contributed by atoms with Gasteiger partial charge in [0.05, 0.1) is 47.2 Å². The van der Waals surface area contributed by atoms with Crippen molar-refractivity contribution in [1.29, 1.82) is 0 Å². The van der Waals surface area contributed by atoms with Crippen LogP contribution in [0.4, 0.5) is 0 Å². The number of imidazole rings is 1. The van der Waals surface area contributed by atoms with Gasteiger partial charge < -0.3 is 24.0 Å². The highest BCUT2D eigenvalue weighted by Gasteiger charge is 2.44. The molecule has 1 atom stereocenters. The Bertz CT molecular complexity index is 1330. The van der Waals surface area contributed by atoms with Crippen LogP contribution in [0.1, 0.15) is 71.0 Å². The van der Waals surface area contributed by atoms with Crippen molar-refractivity contribution in [3.05, 3.63) is 69.4 Å². The molecule has 1 unspecified atom stereocenters. The first-order valence-corrected chi connectivity index (χ1v) is 14.2. The number of thiazole rings is 1. The van der Waals surface area contributed by atoms with Crippen molar-refractivity contribution >= 4 is 23.0 Å². The minimum absolute atomic E-state index is 0.0599.